The first kappa shape index (κ1) is 10.9. The maximum Gasteiger partial charge on any atom is 0.120 e. The molecule has 0 spiro atoms. The molecule has 0 bridgehead atoms. The molecule has 4 heteroatoms. The minimum Gasteiger partial charge on any atom is -0.387 e. The van der Waals surface area contributed by atoms with Crippen LogP contribution in [0.5, 0.6) is 0 Å². The maximum absolute atomic E-state index is 12.4. The van der Waals surface area contributed by atoms with Crippen LogP contribution in [-0.2, 0) is 9.47 Å². The van der Waals surface area contributed by atoms with Crippen molar-refractivity contribution < 1.29 is 19.0 Å². The third-order valence-electron chi connectivity index (χ3n) is 2.53. The van der Waals surface area contributed by atoms with Gasteiger partial charge in [-0.15, -0.1) is 0 Å². The van der Waals surface area contributed by atoms with Gasteiger partial charge in [0.15, 0.2) is 0 Å². The van der Waals surface area contributed by atoms with E-state index in [1.165, 1.54) is 7.11 Å². The summed E-state index contributed by atoms with van der Waals surface area (Å²) in [7, 11) is 1.53. The van der Waals surface area contributed by atoms with E-state index < -0.39 is 18.4 Å². The Balaban J connectivity index is 2.60. The van der Waals surface area contributed by atoms with E-state index in [9.17, 15) is 9.50 Å². The molecule has 1 aliphatic rings. The van der Waals surface area contributed by atoms with Crippen LogP contribution in [-0.4, -0.2) is 43.8 Å². The van der Waals surface area contributed by atoms with E-state index >= 15 is 0 Å². The van der Waals surface area contributed by atoms with Crippen LogP contribution in [0.1, 0.15) is 19.3 Å². The van der Waals surface area contributed by atoms with Gasteiger partial charge in [0.05, 0.1) is 6.61 Å². The van der Waals surface area contributed by atoms with E-state index in [0.29, 0.717) is 13.0 Å². The lowest BCUT2D eigenvalue weighted by atomic mass is 9.89. The van der Waals surface area contributed by atoms with Crippen molar-refractivity contribution in [2.75, 3.05) is 27.0 Å². The number of aliphatic hydroxyl groups is 1. The van der Waals surface area contributed by atoms with E-state index in [1.807, 2.05) is 0 Å². The summed E-state index contributed by atoms with van der Waals surface area (Å²) < 4.78 is 22.8. The highest BCUT2D eigenvalue weighted by Gasteiger charge is 2.40. The summed E-state index contributed by atoms with van der Waals surface area (Å²) in [6, 6.07) is 0. The summed E-state index contributed by atoms with van der Waals surface area (Å²) in [5.74, 6) is 0. The molecule has 0 radical (unpaired) electrons. The third-order valence-corrected chi connectivity index (χ3v) is 2.53. The molecule has 1 rings (SSSR count). The summed E-state index contributed by atoms with van der Waals surface area (Å²) in [5.41, 5.74) is -0.804. The van der Waals surface area contributed by atoms with Gasteiger partial charge in [-0.1, -0.05) is 0 Å². The Morgan fingerprint density at radius 2 is 2.38 bits per heavy atom. The van der Waals surface area contributed by atoms with Gasteiger partial charge in [-0.3, -0.25) is 0 Å². The Kier molecular flexibility index (Phi) is 4.09. The lowest BCUT2D eigenvalue weighted by Gasteiger charge is -2.39. The number of aliphatic hydroxyl groups excluding tert-OH is 1. The SMILES string of the molecule is COCC1(C(O)CF)CCCCO1. The van der Waals surface area contributed by atoms with Gasteiger partial charge in [0, 0.05) is 13.7 Å². The van der Waals surface area contributed by atoms with Crippen molar-refractivity contribution in [2.24, 2.45) is 0 Å². The molecule has 3 nitrogen and oxygen atoms in total. The Hall–Kier alpha value is -0.190. The van der Waals surface area contributed by atoms with Crippen LogP contribution in [0.3, 0.4) is 0 Å². The zero-order valence-electron chi connectivity index (χ0n) is 7.96. The van der Waals surface area contributed by atoms with Crippen LogP contribution in [0.15, 0.2) is 0 Å². The van der Waals surface area contributed by atoms with Crippen molar-refractivity contribution in [3.05, 3.63) is 0 Å². The predicted molar refractivity (Wildman–Crippen MR) is 46.4 cm³/mol. The second-order valence-electron chi connectivity index (χ2n) is 3.47. The molecule has 78 valence electrons. The highest BCUT2D eigenvalue weighted by Crippen LogP contribution is 2.29. The largest absolute Gasteiger partial charge is 0.387 e. The van der Waals surface area contributed by atoms with E-state index in [4.69, 9.17) is 9.47 Å². The quantitative estimate of drug-likeness (QED) is 0.719. The zero-order valence-corrected chi connectivity index (χ0v) is 7.96. The van der Waals surface area contributed by atoms with Crippen molar-refractivity contribution in [1.82, 2.24) is 0 Å². The average Bonchev–Trinajstić information content (AvgIpc) is 2.18. The molecule has 0 saturated carbocycles. The summed E-state index contributed by atoms with van der Waals surface area (Å²) in [6.45, 7) is 0.0713. The zero-order chi connectivity index (χ0) is 9.73. The number of halogens is 1. The number of alkyl halides is 1. The summed E-state index contributed by atoms with van der Waals surface area (Å²) in [6.07, 6.45) is 1.55. The topological polar surface area (TPSA) is 38.7 Å². The van der Waals surface area contributed by atoms with Gasteiger partial charge in [-0.25, -0.2) is 4.39 Å². The Bertz CT molecular complexity index is 140. The smallest absolute Gasteiger partial charge is 0.120 e. The van der Waals surface area contributed by atoms with Crippen LogP contribution in [0.4, 0.5) is 4.39 Å². The number of rotatable bonds is 4. The van der Waals surface area contributed by atoms with E-state index in [-0.39, 0.29) is 6.61 Å². The van der Waals surface area contributed by atoms with Crippen molar-refractivity contribution in [2.45, 2.75) is 31.0 Å². The monoisotopic (exact) mass is 192 g/mol. The fourth-order valence-corrected chi connectivity index (χ4v) is 1.73. The third kappa shape index (κ3) is 2.39. The molecule has 2 unspecified atom stereocenters. The van der Waals surface area contributed by atoms with Gasteiger partial charge in [0.25, 0.3) is 0 Å². The molecule has 1 saturated heterocycles. The molecule has 0 amide bonds. The Morgan fingerprint density at radius 3 is 2.85 bits per heavy atom. The molecule has 1 heterocycles. The lowest BCUT2D eigenvalue weighted by molar-refractivity contribution is -0.177. The molecule has 1 fully saturated rings. The first-order chi connectivity index (χ1) is 6.25. The first-order valence-electron chi connectivity index (χ1n) is 4.62. The number of hydrogen-bond acceptors (Lipinski definition) is 3. The summed E-state index contributed by atoms with van der Waals surface area (Å²) in [4.78, 5) is 0. The number of ether oxygens (including phenoxy) is 2. The summed E-state index contributed by atoms with van der Waals surface area (Å²) >= 11 is 0. The van der Waals surface area contributed by atoms with Gasteiger partial charge in [-0.2, -0.15) is 0 Å². The average molecular weight is 192 g/mol. The highest BCUT2D eigenvalue weighted by molar-refractivity contribution is 4.90. The van der Waals surface area contributed by atoms with Crippen molar-refractivity contribution in [3.63, 3.8) is 0 Å². The van der Waals surface area contributed by atoms with E-state index in [0.717, 1.165) is 12.8 Å². The van der Waals surface area contributed by atoms with Gasteiger partial charge < -0.3 is 14.6 Å². The van der Waals surface area contributed by atoms with Crippen molar-refractivity contribution in [3.8, 4) is 0 Å². The standard InChI is InChI=1S/C9H17FO3/c1-12-7-9(8(11)6-10)4-2-3-5-13-9/h8,11H,2-7H2,1H3. The fraction of sp³-hybridized carbons (Fsp3) is 1.00. The van der Waals surface area contributed by atoms with Crippen LogP contribution in [0, 0.1) is 0 Å². The minimum atomic E-state index is -1.06. The fourth-order valence-electron chi connectivity index (χ4n) is 1.73. The number of methoxy groups -OCH3 is 1. The first-order valence-corrected chi connectivity index (χ1v) is 4.62. The van der Waals surface area contributed by atoms with Crippen LogP contribution < -0.4 is 0 Å². The van der Waals surface area contributed by atoms with E-state index in [1.54, 1.807) is 0 Å². The molecule has 0 aromatic carbocycles. The molecular formula is C9H17FO3. The maximum atomic E-state index is 12.4. The second kappa shape index (κ2) is 4.88. The highest BCUT2D eigenvalue weighted by atomic mass is 19.1. The predicted octanol–water partition coefficient (Wildman–Crippen LogP) is 0.902. The van der Waals surface area contributed by atoms with Crippen molar-refractivity contribution in [1.29, 1.82) is 0 Å². The number of hydrogen-bond donors (Lipinski definition) is 1. The van der Waals surface area contributed by atoms with Crippen LogP contribution in [0.25, 0.3) is 0 Å². The second-order valence-corrected chi connectivity index (χ2v) is 3.47. The molecule has 0 aromatic heterocycles. The van der Waals surface area contributed by atoms with Crippen molar-refractivity contribution >= 4 is 0 Å². The molecule has 1 N–H and O–H groups in total. The molecule has 2 atom stereocenters. The molecule has 13 heavy (non-hydrogen) atoms. The normalized spacial score (nSPS) is 31.6. The minimum absolute atomic E-state index is 0.262. The van der Waals surface area contributed by atoms with Gasteiger partial charge in [0.1, 0.15) is 18.4 Å². The van der Waals surface area contributed by atoms with Gasteiger partial charge in [-0.05, 0) is 19.3 Å². The van der Waals surface area contributed by atoms with Gasteiger partial charge >= 0.3 is 0 Å². The molecule has 0 aromatic rings. The van der Waals surface area contributed by atoms with Gasteiger partial charge in [0.2, 0.25) is 0 Å². The lowest BCUT2D eigenvalue weighted by Crippen LogP contribution is -2.51. The van der Waals surface area contributed by atoms with E-state index in [2.05, 4.69) is 0 Å². The van der Waals surface area contributed by atoms with Crippen LogP contribution >= 0.6 is 0 Å². The Morgan fingerprint density at radius 1 is 1.62 bits per heavy atom. The van der Waals surface area contributed by atoms with Crippen LogP contribution in [0.2, 0.25) is 0 Å². The Labute approximate surface area is 77.8 Å². The molecule has 0 aliphatic carbocycles. The molecular weight excluding hydrogens is 175 g/mol. The molecule has 1 aliphatic heterocycles. The summed E-state index contributed by atoms with van der Waals surface area (Å²) in [5, 5.41) is 9.48.